The Hall–Kier alpha value is -2.28. The Balaban J connectivity index is 1.70. The molecule has 0 spiro atoms. The molecule has 0 bridgehead atoms. The summed E-state index contributed by atoms with van der Waals surface area (Å²) >= 11 is 0. The molecule has 2 aromatic rings. The first kappa shape index (κ1) is 19.5. The van der Waals surface area contributed by atoms with Gasteiger partial charge in [-0.05, 0) is 49.1 Å². The van der Waals surface area contributed by atoms with Gasteiger partial charge >= 0.3 is 5.97 Å². The number of carboxylic acid groups (broad SMARTS) is 1. The number of carboxylic acids is 1. The van der Waals surface area contributed by atoms with Crippen LogP contribution in [-0.2, 0) is 22.4 Å². The topological polar surface area (TPSA) is 101 Å². The lowest BCUT2D eigenvalue weighted by molar-refractivity contribution is -0.142. The summed E-state index contributed by atoms with van der Waals surface area (Å²) < 4.78 is 5.57. The van der Waals surface area contributed by atoms with Crippen LogP contribution in [0.15, 0.2) is 24.3 Å². The van der Waals surface area contributed by atoms with Crippen molar-refractivity contribution in [3.8, 4) is 0 Å². The Morgan fingerprint density at radius 3 is 2.70 bits per heavy atom. The smallest absolute Gasteiger partial charge is 0.307 e. The van der Waals surface area contributed by atoms with Gasteiger partial charge in [-0.15, -0.1) is 10.2 Å². The number of tetrazole rings is 1. The second-order valence-corrected chi connectivity index (χ2v) is 7.42. The van der Waals surface area contributed by atoms with Crippen LogP contribution in [0.3, 0.4) is 0 Å². The molecule has 3 atom stereocenters. The Morgan fingerprint density at radius 1 is 1.33 bits per heavy atom. The van der Waals surface area contributed by atoms with Crippen molar-refractivity contribution in [2.45, 2.75) is 51.4 Å². The number of ether oxygens (including phenoxy) is 1. The van der Waals surface area contributed by atoms with Gasteiger partial charge in [0.05, 0.1) is 5.92 Å². The van der Waals surface area contributed by atoms with E-state index in [2.05, 4.69) is 44.9 Å². The Bertz CT molecular complexity index is 697. The lowest BCUT2D eigenvalue weighted by atomic mass is 9.83. The SMILES string of the molecule is CCCC(C(=O)O)C(Cc1ccc(CC2CCCOC2)cc1)c1nn[nH]n1. The van der Waals surface area contributed by atoms with Crippen LogP contribution >= 0.6 is 0 Å². The molecule has 3 unspecified atom stereocenters. The first-order valence-corrected chi connectivity index (χ1v) is 9.79. The molecule has 1 aliphatic heterocycles. The molecule has 7 nitrogen and oxygen atoms in total. The molecular formula is C20H28N4O3. The first-order chi connectivity index (χ1) is 13.2. The molecule has 1 saturated heterocycles. The maximum absolute atomic E-state index is 11.8. The van der Waals surface area contributed by atoms with Gasteiger partial charge in [0.1, 0.15) is 0 Å². The van der Waals surface area contributed by atoms with Crippen molar-refractivity contribution >= 4 is 5.97 Å². The molecule has 0 amide bonds. The van der Waals surface area contributed by atoms with E-state index < -0.39 is 11.9 Å². The summed E-state index contributed by atoms with van der Waals surface area (Å²) in [5, 5.41) is 23.9. The second kappa shape index (κ2) is 9.60. The van der Waals surface area contributed by atoms with Crippen LogP contribution in [0, 0.1) is 11.8 Å². The standard InChI is InChI=1S/C20H28N4O3/c1-2-4-17(20(25)26)18(19-21-23-24-22-19)12-15-8-6-14(7-9-15)11-16-5-3-10-27-13-16/h6-9,16-18H,2-5,10-13H2,1H3,(H,25,26)(H,21,22,23,24). The number of aliphatic carboxylic acids is 1. The predicted octanol–water partition coefficient (Wildman–Crippen LogP) is 3.00. The maximum Gasteiger partial charge on any atom is 0.307 e. The van der Waals surface area contributed by atoms with Crippen molar-refractivity contribution in [1.82, 2.24) is 20.6 Å². The lowest BCUT2D eigenvalue weighted by Gasteiger charge is -2.22. The van der Waals surface area contributed by atoms with Gasteiger partial charge in [0.25, 0.3) is 0 Å². The Kier molecular flexibility index (Phi) is 6.92. The van der Waals surface area contributed by atoms with E-state index in [1.807, 2.05) is 6.92 Å². The van der Waals surface area contributed by atoms with E-state index in [9.17, 15) is 9.90 Å². The van der Waals surface area contributed by atoms with Gasteiger partial charge in [-0.25, -0.2) is 0 Å². The van der Waals surface area contributed by atoms with Gasteiger partial charge in [-0.2, -0.15) is 5.21 Å². The van der Waals surface area contributed by atoms with E-state index in [0.29, 0.717) is 24.6 Å². The highest BCUT2D eigenvalue weighted by atomic mass is 16.5. The number of aromatic nitrogens is 4. The number of hydrogen-bond acceptors (Lipinski definition) is 5. The van der Waals surface area contributed by atoms with Crippen LogP contribution in [0.4, 0.5) is 0 Å². The van der Waals surface area contributed by atoms with Gasteiger partial charge in [-0.1, -0.05) is 42.8 Å². The number of hydrogen-bond donors (Lipinski definition) is 2. The summed E-state index contributed by atoms with van der Waals surface area (Å²) in [6.45, 7) is 3.72. The zero-order valence-electron chi connectivity index (χ0n) is 15.8. The van der Waals surface area contributed by atoms with E-state index >= 15 is 0 Å². The minimum atomic E-state index is -0.805. The summed E-state index contributed by atoms with van der Waals surface area (Å²) in [5.74, 6) is -0.553. The molecule has 1 fully saturated rings. The molecule has 146 valence electrons. The summed E-state index contributed by atoms with van der Waals surface area (Å²) in [6.07, 6.45) is 5.37. The third kappa shape index (κ3) is 5.35. The van der Waals surface area contributed by atoms with Crippen molar-refractivity contribution in [3.05, 3.63) is 41.2 Å². The number of aromatic amines is 1. The van der Waals surface area contributed by atoms with Crippen molar-refractivity contribution in [2.75, 3.05) is 13.2 Å². The average molecular weight is 372 g/mol. The summed E-state index contributed by atoms with van der Waals surface area (Å²) in [4.78, 5) is 11.8. The maximum atomic E-state index is 11.8. The third-order valence-corrected chi connectivity index (χ3v) is 5.35. The van der Waals surface area contributed by atoms with Crippen LogP contribution in [-0.4, -0.2) is 44.9 Å². The molecule has 0 radical (unpaired) electrons. The molecule has 0 saturated carbocycles. The predicted molar refractivity (Wildman–Crippen MR) is 100 cm³/mol. The fourth-order valence-corrected chi connectivity index (χ4v) is 3.91. The van der Waals surface area contributed by atoms with E-state index in [4.69, 9.17) is 4.74 Å². The van der Waals surface area contributed by atoms with Crippen LogP contribution in [0.1, 0.15) is 55.5 Å². The minimum absolute atomic E-state index is 0.293. The van der Waals surface area contributed by atoms with E-state index in [1.165, 1.54) is 12.0 Å². The number of nitrogens with zero attached hydrogens (tertiary/aromatic N) is 3. The van der Waals surface area contributed by atoms with E-state index in [1.54, 1.807) is 0 Å². The Labute approximate surface area is 159 Å². The number of rotatable bonds is 9. The largest absolute Gasteiger partial charge is 0.481 e. The molecule has 1 aromatic heterocycles. The highest BCUT2D eigenvalue weighted by molar-refractivity contribution is 5.71. The van der Waals surface area contributed by atoms with Crippen LogP contribution in [0.2, 0.25) is 0 Å². The molecule has 1 aromatic carbocycles. The third-order valence-electron chi connectivity index (χ3n) is 5.35. The summed E-state index contributed by atoms with van der Waals surface area (Å²) in [6, 6.07) is 8.48. The van der Waals surface area contributed by atoms with Crippen molar-refractivity contribution in [1.29, 1.82) is 0 Å². The summed E-state index contributed by atoms with van der Waals surface area (Å²) in [5.41, 5.74) is 2.39. The number of nitrogens with one attached hydrogen (secondary N) is 1. The highest BCUT2D eigenvalue weighted by Crippen LogP contribution is 2.30. The molecule has 27 heavy (non-hydrogen) atoms. The molecule has 2 heterocycles. The minimum Gasteiger partial charge on any atom is -0.481 e. The molecule has 0 aliphatic carbocycles. The monoisotopic (exact) mass is 372 g/mol. The first-order valence-electron chi connectivity index (χ1n) is 9.79. The second-order valence-electron chi connectivity index (χ2n) is 7.42. The highest BCUT2D eigenvalue weighted by Gasteiger charge is 2.32. The number of H-pyrrole nitrogens is 1. The molecule has 1 aliphatic rings. The molecule has 3 rings (SSSR count). The van der Waals surface area contributed by atoms with Gasteiger partial charge in [0, 0.05) is 19.1 Å². The number of benzene rings is 1. The van der Waals surface area contributed by atoms with Crippen LogP contribution < -0.4 is 0 Å². The number of carbonyl (C=O) groups is 1. The van der Waals surface area contributed by atoms with Gasteiger partial charge in [0.2, 0.25) is 0 Å². The van der Waals surface area contributed by atoms with Crippen molar-refractivity contribution in [3.63, 3.8) is 0 Å². The fraction of sp³-hybridized carbons (Fsp3) is 0.600. The molecular weight excluding hydrogens is 344 g/mol. The van der Waals surface area contributed by atoms with Gasteiger partial charge in [-0.3, -0.25) is 4.79 Å². The van der Waals surface area contributed by atoms with Gasteiger partial charge < -0.3 is 9.84 Å². The molecule has 2 N–H and O–H groups in total. The van der Waals surface area contributed by atoms with E-state index in [-0.39, 0.29) is 5.92 Å². The van der Waals surface area contributed by atoms with E-state index in [0.717, 1.165) is 38.0 Å². The van der Waals surface area contributed by atoms with Gasteiger partial charge in [0.15, 0.2) is 5.82 Å². The van der Waals surface area contributed by atoms with Crippen molar-refractivity contribution < 1.29 is 14.6 Å². The Morgan fingerprint density at radius 2 is 2.11 bits per heavy atom. The normalized spacial score (nSPS) is 19.5. The fourth-order valence-electron chi connectivity index (χ4n) is 3.91. The summed E-state index contributed by atoms with van der Waals surface area (Å²) in [7, 11) is 0. The zero-order valence-corrected chi connectivity index (χ0v) is 15.8. The average Bonchev–Trinajstić information content (AvgIpc) is 3.21. The van der Waals surface area contributed by atoms with Crippen molar-refractivity contribution in [2.24, 2.45) is 11.8 Å². The quantitative estimate of drug-likeness (QED) is 0.702. The van der Waals surface area contributed by atoms with Crippen LogP contribution in [0.25, 0.3) is 0 Å². The molecule has 7 heteroatoms. The lowest BCUT2D eigenvalue weighted by Crippen LogP contribution is -2.25. The van der Waals surface area contributed by atoms with Crippen LogP contribution in [0.5, 0.6) is 0 Å². The zero-order chi connectivity index (χ0) is 19.1.